The fourth-order valence-electron chi connectivity index (χ4n) is 3.17. The smallest absolute Gasteiger partial charge is 0.227 e. The Balaban J connectivity index is 1.75. The number of nitrogens with one attached hydrogen (secondary N) is 1. The van der Waals surface area contributed by atoms with Gasteiger partial charge in [-0.25, -0.2) is 0 Å². The molecule has 1 saturated heterocycles. The second-order valence-electron chi connectivity index (χ2n) is 5.68. The maximum Gasteiger partial charge on any atom is 0.227 e. The molecule has 2 aromatic rings. The zero-order valence-corrected chi connectivity index (χ0v) is 12.5. The molecule has 0 bridgehead atoms. The molecule has 1 fully saturated rings. The zero-order chi connectivity index (χ0) is 14.7. The number of nitrogens with zero attached hydrogens (tertiary/aromatic N) is 1. The van der Waals surface area contributed by atoms with Gasteiger partial charge in [0.15, 0.2) is 0 Å². The van der Waals surface area contributed by atoms with Crippen molar-refractivity contribution in [2.24, 2.45) is 0 Å². The highest BCUT2D eigenvalue weighted by atomic mass is 16.2. The van der Waals surface area contributed by atoms with Gasteiger partial charge in [-0.1, -0.05) is 42.5 Å². The Hall–Kier alpha value is -1.87. The molecule has 0 spiro atoms. The van der Waals surface area contributed by atoms with Gasteiger partial charge in [-0.3, -0.25) is 4.79 Å². The number of rotatable bonds is 4. The lowest BCUT2D eigenvalue weighted by Crippen LogP contribution is -2.42. The monoisotopic (exact) mass is 282 g/mol. The first-order valence-corrected chi connectivity index (χ1v) is 7.76. The SMILES string of the molecule is CCN(C(=O)Cc1ccc2ccccc2c1)C1CCNC1. The Morgan fingerprint density at radius 2 is 2.05 bits per heavy atom. The summed E-state index contributed by atoms with van der Waals surface area (Å²) in [6.45, 7) is 4.80. The highest BCUT2D eigenvalue weighted by Gasteiger charge is 2.24. The molecule has 1 heterocycles. The van der Waals surface area contributed by atoms with E-state index in [-0.39, 0.29) is 5.91 Å². The molecule has 0 aliphatic carbocycles. The van der Waals surface area contributed by atoms with Crippen molar-refractivity contribution in [3.05, 3.63) is 48.0 Å². The van der Waals surface area contributed by atoms with Gasteiger partial charge in [0.1, 0.15) is 0 Å². The summed E-state index contributed by atoms with van der Waals surface area (Å²) in [6.07, 6.45) is 1.56. The van der Waals surface area contributed by atoms with Crippen LogP contribution >= 0.6 is 0 Å². The minimum absolute atomic E-state index is 0.237. The van der Waals surface area contributed by atoms with Crippen LogP contribution in [0.15, 0.2) is 42.5 Å². The fourth-order valence-corrected chi connectivity index (χ4v) is 3.17. The van der Waals surface area contributed by atoms with Crippen LogP contribution in [0.3, 0.4) is 0 Å². The topological polar surface area (TPSA) is 32.3 Å². The van der Waals surface area contributed by atoms with Crippen molar-refractivity contribution in [2.75, 3.05) is 19.6 Å². The number of carbonyl (C=O) groups is 1. The van der Waals surface area contributed by atoms with Gasteiger partial charge in [0.25, 0.3) is 0 Å². The standard InChI is InChI=1S/C18H22N2O/c1-2-20(17-9-10-19-13-17)18(21)12-14-7-8-15-5-3-4-6-16(15)11-14/h3-8,11,17,19H,2,9-10,12-13H2,1H3. The van der Waals surface area contributed by atoms with E-state index >= 15 is 0 Å². The predicted octanol–water partition coefficient (Wildman–Crippen LogP) is 2.59. The number of hydrogen-bond acceptors (Lipinski definition) is 2. The largest absolute Gasteiger partial charge is 0.338 e. The van der Waals surface area contributed by atoms with Crippen molar-refractivity contribution in [1.82, 2.24) is 10.2 Å². The van der Waals surface area contributed by atoms with Crippen molar-refractivity contribution in [2.45, 2.75) is 25.8 Å². The second-order valence-corrected chi connectivity index (χ2v) is 5.68. The number of benzene rings is 2. The van der Waals surface area contributed by atoms with Crippen LogP contribution in [-0.2, 0) is 11.2 Å². The first-order chi connectivity index (χ1) is 10.3. The quantitative estimate of drug-likeness (QED) is 0.935. The van der Waals surface area contributed by atoms with E-state index in [1.807, 2.05) is 17.0 Å². The molecule has 3 heteroatoms. The lowest BCUT2D eigenvalue weighted by molar-refractivity contribution is -0.132. The highest BCUT2D eigenvalue weighted by Crippen LogP contribution is 2.17. The first-order valence-electron chi connectivity index (χ1n) is 7.76. The maximum atomic E-state index is 12.6. The third-order valence-electron chi connectivity index (χ3n) is 4.31. The molecule has 0 aromatic heterocycles. The molecular weight excluding hydrogens is 260 g/mol. The molecule has 110 valence electrons. The third-order valence-corrected chi connectivity index (χ3v) is 4.31. The van der Waals surface area contributed by atoms with Crippen molar-refractivity contribution in [3.63, 3.8) is 0 Å². The van der Waals surface area contributed by atoms with Gasteiger partial charge in [-0.05, 0) is 36.2 Å². The summed E-state index contributed by atoms with van der Waals surface area (Å²) in [7, 11) is 0. The van der Waals surface area contributed by atoms with Crippen LogP contribution in [0.1, 0.15) is 18.9 Å². The number of hydrogen-bond donors (Lipinski definition) is 1. The molecule has 21 heavy (non-hydrogen) atoms. The maximum absolute atomic E-state index is 12.6. The zero-order valence-electron chi connectivity index (χ0n) is 12.5. The number of amides is 1. The van der Waals surface area contributed by atoms with Crippen molar-refractivity contribution in [3.8, 4) is 0 Å². The molecule has 1 unspecified atom stereocenters. The first kappa shape index (κ1) is 14.1. The Morgan fingerprint density at radius 1 is 1.24 bits per heavy atom. The molecular formula is C18H22N2O. The summed E-state index contributed by atoms with van der Waals surface area (Å²) >= 11 is 0. The summed E-state index contributed by atoms with van der Waals surface area (Å²) < 4.78 is 0. The molecule has 1 aliphatic rings. The van der Waals surface area contributed by atoms with Gasteiger partial charge < -0.3 is 10.2 Å². The summed E-state index contributed by atoms with van der Waals surface area (Å²) in [4.78, 5) is 14.6. The molecule has 3 rings (SSSR count). The van der Waals surface area contributed by atoms with Crippen LogP contribution < -0.4 is 5.32 Å². The minimum atomic E-state index is 0.237. The Morgan fingerprint density at radius 3 is 2.76 bits per heavy atom. The normalized spacial score (nSPS) is 18.0. The minimum Gasteiger partial charge on any atom is -0.338 e. The lowest BCUT2D eigenvalue weighted by atomic mass is 10.0. The lowest BCUT2D eigenvalue weighted by Gasteiger charge is -2.27. The van der Waals surface area contributed by atoms with Crippen LogP contribution in [0.2, 0.25) is 0 Å². The van der Waals surface area contributed by atoms with E-state index in [9.17, 15) is 4.79 Å². The molecule has 1 atom stereocenters. The summed E-state index contributed by atoms with van der Waals surface area (Å²) in [5.74, 6) is 0.237. The molecule has 1 amide bonds. The molecule has 1 aliphatic heterocycles. The number of carbonyl (C=O) groups excluding carboxylic acids is 1. The Labute approximate surface area is 125 Å². The second kappa shape index (κ2) is 6.27. The van der Waals surface area contributed by atoms with Gasteiger partial charge in [0.2, 0.25) is 5.91 Å². The predicted molar refractivity (Wildman–Crippen MR) is 86.3 cm³/mol. The van der Waals surface area contributed by atoms with Gasteiger partial charge in [0, 0.05) is 19.1 Å². The van der Waals surface area contributed by atoms with Crippen molar-refractivity contribution >= 4 is 16.7 Å². The van der Waals surface area contributed by atoms with Crippen LogP contribution in [0.25, 0.3) is 10.8 Å². The van der Waals surface area contributed by atoms with E-state index in [1.165, 1.54) is 10.8 Å². The summed E-state index contributed by atoms with van der Waals surface area (Å²) in [6, 6.07) is 14.9. The van der Waals surface area contributed by atoms with Gasteiger partial charge in [0.05, 0.1) is 6.42 Å². The highest BCUT2D eigenvalue weighted by molar-refractivity contribution is 5.85. The molecule has 0 saturated carbocycles. The van der Waals surface area contributed by atoms with Crippen LogP contribution in [0, 0.1) is 0 Å². The van der Waals surface area contributed by atoms with E-state index in [0.717, 1.165) is 31.6 Å². The summed E-state index contributed by atoms with van der Waals surface area (Å²) in [5.41, 5.74) is 1.10. The molecule has 0 radical (unpaired) electrons. The number of likely N-dealkylation sites (N-methyl/N-ethyl adjacent to an activating group) is 1. The van der Waals surface area contributed by atoms with E-state index < -0.39 is 0 Å². The Kier molecular flexibility index (Phi) is 4.20. The van der Waals surface area contributed by atoms with Crippen molar-refractivity contribution < 1.29 is 4.79 Å². The van der Waals surface area contributed by atoms with Crippen LogP contribution in [-0.4, -0.2) is 36.5 Å². The van der Waals surface area contributed by atoms with E-state index in [1.54, 1.807) is 0 Å². The van der Waals surface area contributed by atoms with E-state index in [4.69, 9.17) is 0 Å². The molecule has 3 nitrogen and oxygen atoms in total. The average molecular weight is 282 g/mol. The van der Waals surface area contributed by atoms with Crippen LogP contribution in [0.4, 0.5) is 0 Å². The van der Waals surface area contributed by atoms with Crippen LogP contribution in [0.5, 0.6) is 0 Å². The van der Waals surface area contributed by atoms with Crippen molar-refractivity contribution in [1.29, 1.82) is 0 Å². The van der Waals surface area contributed by atoms with Gasteiger partial charge >= 0.3 is 0 Å². The molecule has 1 N–H and O–H groups in total. The van der Waals surface area contributed by atoms with E-state index in [2.05, 4.69) is 42.6 Å². The fraction of sp³-hybridized carbons (Fsp3) is 0.389. The van der Waals surface area contributed by atoms with E-state index in [0.29, 0.717) is 12.5 Å². The summed E-state index contributed by atoms with van der Waals surface area (Å²) in [5, 5.41) is 5.76. The molecule has 2 aromatic carbocycles. The number of fused-ring (bicyclic) bond motifs is 1. The average Bonchev–Trinajstić information content (AvgIpc) is 3.02. The van der Waals surface area contributed by atoms with Gasteiger partial charge in [-0.15, -0.1) is 0 Å². The third kappa shape index (κ3) is 3.08. The Bertz CT molecular complexity index is 632. The van der Waals surface area contributed by atoms with Gasteiger partial charge in [-0.2, -0.15) is 0 Å².